The minimum absolute atomic E-state index is 0.244. The molecule has 2 fully saturated rings. The van der Waals surface area contributed by atoms with Gasteiger partial charge in [0.1, 0.15) is 0 Å². The molecule has 0 radical (unpaired) electrons. The Morgan fingerprint density at radius 1 is 1.17 bits per heavy atom. The van der Waals surface area contributed by atoms with Crippen molar-refractivity contribution in [3.63, 3.8) is 0 Å². The van der Waals surface area contributed by atoms with Gasteiger partial charge in [-0.1, -0.05) is 38.1 Å². The van der Waals surface area contributed by atoms with Crippen LogP contribution in [-0.2, 0) is 5.75 Å². The van der Waals surface area contributed by atoms with Crippen molar-refractivity contribution in [1.29, 1.82) is 0 Å². The Hall–Kier alpha value is -1.67. The van der Waals surface area contributed by atoms with Crippen LogP contribution in [0.15, 0.2) is 27.1 Å². The molecule has 4 unspecified atom stereocenters. The van der Waals surface area contributed by atoms with Crippen LogP contribution in [0.3, 0.4) is 0 Å². The van der Waals surface area contributed by atoms with Crippen molar-refractivity contribution in [2.45, 2.75) is 69.3 Å². The van der Waals surface area contributed by atoms with Crippen LogP contribution in [-0.4, -0.2) is 25.0 Å². The standard InChI is InChI=1S/C21H27N5OS2/c1-12(2)20-24-22-18(27-20)11-29-21-25-23-19(17-5-4-8-28-17)26(21)13(3)16-10-14-6-7-15(16)9-14/h4-5,8,12-16H,6-7,9-11H2,1-3H3. The molecule has 0 saturated heterocycles. The average Bonchev–Trinajstić information content (AvgIpc) is 3.52. The normalized spacial score (nSPS) is 24.6. The highest BCUT2D eigenvalue weighted by molar-refractivity contribution is 7.98. The monoisotopic (exact) mass is 429 g/mol. The van der Waals surface area contributed by atoms with Crippen LogP contribution in [0.1, 0.15) is 70.2 Å². The third-order valence-corrected chi connectivity index (χ3v) is 8.32. The number of hydrogen-bond acceptors (Lipinski definition) is 7. The fourth-order valence-corrected chi connectivity index (χ4v) is 6.64. The summed E-state index contributed by atoms with van der Waals surface area (Å²) in [7, 11) is 0. The molecule has 2 aliphatic carbocycles. The van der Waals surface area contributed by atoms with Crippen LogP contribution in [0.2, 0.25) is 0 Å². The van der Waals surface area contributed by atoms with Crippen molar-refractivity contribution < 1.29 is 4.42 Å². The van der Waals surface area contributed by atoms with E-state index in [1.807, 2.05) is 0 Å². The van der Waals surface area contributed by atoms with Gasteiger partial charge < -0.3 is 4.42 Å². The van der Waals surface area contributed by atoms with E-state index in [1.54, 1.807) is 23.1 Å². The predicted molar refractivity (Wildman–Crippen MR) is 115 cm³/mol. The van der Waals surface area contributed by atoms with Crippen molar-refractivity contribution in [2.75, 3.05) is 0 Å². The molecule has 2 bridgehead atoms. The first-order valence-electron chi connectivity index (χ1n) is 10.5. The molecular weight excluding hydrogens is 402 g/mol. The second-order valence-electron chi connectivity index (χ2n) is 8.71. The lowest BCUT2D eigenvalue weighted by molar-refractivity contribution is 0.235. The number of aromatic nitrogens is 5. The highest BCUT2D eigenvalue weighted by Crippen LogP contribution is 2.53. The molecule has 6 nitrogen and oxygen atoms in total. The minimum Gasteiger partial charge on any atom is -0.424 e. The van der Waals surface area contributed by atoms with Gasteiger partial charge in [0.2, 0.25) is 11.8 Å². The fourth-order valence-electron chi connectivity index (χ4n) is 5.08. The Balaban J connectivity index is 1.42. The number of thiophene rings is 1. The molecule has 2 aliphatic rings. The molecule has 0 aliphatic heterocycles. The average molecular weight is 430 g/mol. The lowest BCUT2D eigenvalue weighted by Crippen LogP contribution is -2.23. The van der Waals surface area contributed by atoms with Crippen molar-refractivity contribution in [2.24, 2.45) is 17.8 Å². The molecule has 5 rings (SSSR count). The summed E-state index contributed by atoms with van der Waals surface area (Å²) >= 11 is 3.37. The molecule has 4 atom stereocenters. The van der Waals surface area contributed by atoms with Crippen LogP contribution in [0.5, 0.6) is 0 Å². The largest absolute Gasteiger partial charge is 0.424 e. The Bertz CT molecular complexity index is 964. The van der Waals surface area contributed by atoms with Crippen LogP contribution in [0, 0.1) is 17.8 Å². The van der Waals surface area contributed by atoms with Gasteiger partial charge >= 0.3 is 0 Å². The Kier molecular flexibility index (Phi) is 5.24. The lowest BCUT2D eigenvalue weighted by Gasteiger charge is -2.30. The van der Waals surface area contributed by atoms with E-state index >= 15 is 0 Å². The lowest BCUT2D eigenvalue weighted by atomic mass is 9.84. The third-order valence-electron chi connectivity index (χ3n) is 6.53. The van der Waals surface area contributed by atoms with Gasteiger partial charge in [-0.25, -0.2) is 0 Å². The molecule has 3 heterocycles. The maximum absolute atomic E-state index is 5.79. The highest BCUT2D eigenvalue weighted by atomic mass is 32.2. The first kappa shape index (κ1) is 19.3. The summed E-state index contributed by atoms with van der Waals surface area (Å²) in [5, 5.41) is 20.6. The minimum atomic E-state index is 0.244. The second-order valence-corrected chi connectivity index (χ2v) is 10.6. The van der Waals surface area contributed by atoms with Gasteiger partial charge in [-0.3, -0.25) is 4.57 Å². The van der Waals surface area contributed by atoms with E-state index < -0.39 is 0 Å². The molecule has 3 aromatic heterocycles. The van der Waals surface area contributed by atoms with Crippen LogP contribution < -0.4 is 0 Å². The van der Waals surface area contributed by atoms with Crippen LogP contribution in [0.4, 0.5) is 0 Å². The number of rotatable bonds is 7. The Labute approximate surface area is 179 Å². The summed E-state index contributed by atoms with van der Waals surface area (Å²) in [4.78, 5) is 1.18. The molecule has 29 heavy (non-hydrogen) atoms. The summed E-state index contributed by atoms with van der Waals surface area (Å²) < 4.78 is 8.16. The number of nitrogens with zero attached hydrogens (tertiary/aromatic N) is 5. The number of hydrogen-bond donors (Lipinski definition) is 0. The van der Waals surface area contributed by atoms with Gasteiger partial charge in [0.25, 0.3) is 0 Å². The van der Waals surface area contributed by atoms with Gasteiger partial charge in [-0.05, 0) is 55.4 Å². The Morgan fingerprint density at radius 2 is 2.07 bits per heavy atom. The van der Waals surface area contributed by atoms with E-state index in [-0.39, 0.29) is 5.92 Å². The zero-order chi connectivity index (χ0) is 20.0. The quantitative estimate of drug-likeness (QED) is 0.442. The van der Waals surface area contributed by atoms with Crippen molar-refractivity contribution >= 4 is 23.1 Å². The van der Waals surface area contributed by atoms with Crippen molar-refractivity contribution in [3.05, 3.63) is 29.3 Å². The smallest absolute Gasteiger partial charge is 0.226 e. The second kappa shape index (κ2) is 7.87. The maximum Gasteiger partial charge on any atom is 0.226 e. The molecule has 2 saturated carbocycles. The van der Waals surface area contributed by atoms with Crippen molar-refractivity contribution in [1.82, 2.24) is 25.0 Å². The zero-order valence-electron chi connectivity index (χ0n) is 17.1. The van der Waals surface area contributed by atoms with Crippen LogP contribution in [0.25, 0.3) is 10.7 Å². The number of thioether (sulfide) groups is 1. The van der Waals surface area contributed by atoms with Crippen molar-refractivity contribution in [3.8, 4) is 10.7 Å². The topological polar surface area (TPSA) is 69.6 Å². The van der Waals surface area contributed by atoms with E-state index in [0.29, 0.717) is 23.6 Å². The summed E-state index contributed by atoms with van der Waals surface area (Å²) in [6.45, 7) is 6.48. The summed E-state index contributed by atoms with van der Waals surface area (Å²) in [5.41, 5.74) is 0. The molecule has 0 amide bonds. The Morgan fingerprint density at radius 3 is 2.72 bits per heavy atom. The predicted octanol–water partition coefficient (Wildman–Crippen LogP) is 5.80. The van der Waals surface area contributed by atoms with Gasteiger partial charge in [-0.2, -0.15) is 0 Å². The van der Waals surface area contributed by atoms with Gasteiger partial charge in [0.05, 0.1) is 10.6 Å². The molecule has 8 heteroatoms. The first-order valence-corrected chi connectivity index (χ1v) is 12.4. The molecule has 0 spiro atoms. The SMILES string of the molecule is CC(C)c1nnc(CSc2nnc(-c3cccs3)n2C(C)C2CC3CCC2C3)o1. The summed E-state index contributed by atoms with van der Waals surface area (Å²) in [6.07, 6.45) is 5.57. The third kappa shape index (κ3) is 3.65. The van der Waals surface area contributed by atoms with E-state index in [9.17, 15) is 0 Å². The van der Waals surface area contributed by atoms with Gasteiger partial charge in [0, 0.05) is 12.0 Å². The fraction of sp³-hybridized carbons (Fsp3) is 0.619. The highest BCUT2D eigenvalue weighted by Gasteiger charge is 2.43. The van der Waals surface area contributed by atoms with Crippen LogP contribution >= 0.6 is 23.1 Å². The van der Waals surface area contributed by atoms with Gasteiger partial charge in [0.15, 0.2) is 11.0 Å². The summed E-state index contributed by atoms with van der Waals surface area (Å²) in [6, 6.07) is 4.62. The van der Waals surface area contributed by atoms with Gasteiger partial charge in [-0.15, -0.1) is 31.7 Å². The van der Waals surface area contributed by atoms with E-state index in [2.05, 4.69) is 63.2 Å². The molecule has 0 N–H and O–H groups in total. The molecule has 3 aromatic rings. The van der Waals surface area contributed by atoms with E-state index in [1.165, 1.54) is 30.6 Å². The van der Waals surface area contributed by atoms with E-state index in [4.69, 9.17) is 4.42 Å². The number of fused-ring (bicyclic) bond motifs is 2. The molecule has 0 aromatic carbocycles. The van der Waals surface area contributed by atoms with E-state index in [0.717, 1.165) is 28.7 Å². The zero-order valence-corrected chi connectivity index (χ0v) is 18.7. The molecular formula is C21H27N5OS2. The summed E-state index contributed by atoms with van der Waals surface area (Å²) in [5.74, 6) is 5.70. The first-order chi connectivity index (χ1) is 14.1. The molecule has 154 valence electrons. The maximum atomic E-state index is 5.79.